The Morgan fingerprint density at radius 3 is 2.36 bits per heavy atom. The normalized spacial score (nSPS) is 10.5. The molecule has 0 aliphatic heterocycles. The van der Waals surface area contributed by atoms with Crippen molar-refractivity contribution in [1.82, 2.24) is 9.97 Å². The molecule has 2 aromatic carbocycles. The molecular formula is C20H17Cl2N3O3. The molecule has 0 saturated heterocycles. The van der Waals surface area contributed by atoms with E-state index in [1.54, 1.807) is 30.3 Å². The summed E-state index contributed by atoms with van der Waals surface area (Å²) in [6.07, 6.45) is 0. The highest BCUT2D eigenvalue weighted by molar-refractivity contribution is 6.37. The van der Waals surface area contributed by atoms with Crippen molar-refractivity contribution < 1.29 is 14.3 Å². The van der Waals surface area contributed by atoms with Crippen LogP contribution in [0.3, 0.4) is 0 Å². The number of carbonyl (C=O) groups excluding carboxylic acids is 1. The molecule has 0 unspecified atom stereocenters. The van der Waals surface area contributed by atoms with Gasteiger partial charge in [-0.25, -0.2) is 9.97 Å². The van der Waals surface area contributed by atoms with Crippen molar-refractivity contribution in [1.29, 1.82) is 0 Å². The zero-order valence-electron chi connectivity index (χ0n) is 15.4. The monoisotopic (exact) mass is 417 g/mol. The third-order valence-corrected chi connectivity index (χ3v) is 4.37. The fourth-order valence-corrected chi connectivity index (χ4v) is 3.09. The van der Waals surface area contributed by atoms with E-state index in [0.29, 0.717) is 16.5 Å². The summed E-state index contributed by atoms with van der Waals surface area (Å²) in [4.78, 5) is 21.2. The van der Waals surface area contributed by atoms with Crippen LogP contribution in [0.5, 0.6) is 17.5 Å². The van der Waals surface area contributed by atoms with Gasteiger partial charge >= 0.3 is 6.01 Å². The van der Waals surface area contributed by atoms with Gasteiger partial charge in [0.25, 0.3) is 5.91 Å². The highest BCUT2D eigenvalue weighted by Crippen LogP contribution is 2.34. The van der Waals surface area contributed by atoms with Gasteiger partial charge in [-0.2, -0.15) is 0 Å². The van der Waals surface area contributed by atoms with E-state index in [0.717, 1.165) is 11.4 Å². The number of hydrogen-bond acceptors (Lipinski definition) is 5. The second-order valence-corrected chi connectivity index (χ2v) is 6.77. The van der Waals surface area contributed by atoms with Crippen LogP contribution in [-0.2, 0) is 0 Å². The van der Waals surface area contributed by atoms with Crippen molar-refractivity contribution >= 4 is 34.8 Å². The number of aromatic nitrogens is 2. The fourth-order valence-electron chi connectivity index (χ4n) is 2.62. The summed E-state index contributed by atoms with van der Waals surface area (Å²) in [6, 6.07) is 12.1. The SMILES string of the molecule is COc1c(Cl)ccc(Cl)c1C(=O)Nc1cccc(Oc2nc(C)cc(C)n2)c1. The molecule has 0 atom stereocenters. The lowest BCUT2D eigenvalue weighted by atomic mass is 10.1. The predicted molar refractivity (Wildman–Crippen MR) is 109 cm³/mol. The molecule has 0 spiro atoms. The van der Waals surface area contributed by atoms with Crippen LogP contribution < -0.4 is 14.8 Å². The summed E-state index contributed by atoms with van der Waals surface area (Å²) in [5, 5.41) is 3.29. The Morgan fingerprint density at radius 2 is 1.68 bits per heavy atom. The van der Waals surface area contributed by atoms with Gasteiger partial charge < -0.3 is 14.8 Å². The van der Waals surface area contributed by atoms with E-state index in [1.807, 2.05) is 19.9 Å². The van der Waals surface area contributed by atoms with Gasteiger partial charge in [-0.1, -0.05) is 29.3 Å². The first-order valence-corrected chi connectivity index (χ1v) is 9.06. The predicted octanol–water partition coefficient (Wildman–Crippen LogP) is 5.45. The minimum Gasteiger partial charge on any atom is -0.494 e. The molecule has 3 rings (SSSR count). The molecule has 0 bridgehead atoms. The lowest BCUT2D eigenvalue weighted by molar-refractivity contribution is 0.102. The van der Waals surface area contributed by atoms with E-state index in [2.05, 4.69) is 15.3 Å². The smallest absolute Gasteiger partial charge is 0.322 e. The van der Waals surface area contributed by atoms with Crippen LogP contribution in [0.4, 0.5) is 5.69 Å². The number of benzene rings is 2. The zero-order valence-corrected chi connectivity index (χ0v) is 16.9. The number of halogens is 2. The lowest BCUT2D eigenvalue weighted by Gasteiger charge is -2.13. The maximum absolute atomic E-state index is 12.7. The molecule has 28 heavy (non-hydrogen) atoms. The number of rotatable bonds is 5. The van der Waals surface area contributed by atoms with Crippen molar-refractivity contribution in [3.05, 3.63) is 69.5 Å². The van der Waals surface area contributed by atoms with Gasteiger partial charge in [-0.05, 0) is 44.2 Å². The van der Waals surface area contributed by atoms with E-state index in [9.17, 15) is 4.79 Å². The maximum atomic E-state index is 12.7. The van der Waals surface area contributed by atoms with Gasteiger partial charge in [-0.3, -0.25) is 4.79 Å². The number of amides is 1. The number of ether oxygens (including phenoxy) is 2. The van der Waals surface area contributed by atoms with Crippen LogP contribution in [-0.4, -0.2) is 23.0 Å². The van der Waals surface area contributed by atoms with Gasteiger partial charge in [-0.15, -0.1) is 0 Å². The average molecular weight is 418 g/mol. The number of aryl methyl sites for hydroxylation is 2. The van der Waals surface area contributed by atoms with Crippen LogP contribution in [0.2, 0.25) is 10.0 Å². The van der Waals surface area contributed by atoms with Crippen molar-refractivity contribution in [3.63, 3.8) is 0 Å². The summed E-state index contributed by atoms with van der Waals surface area (Å²) in [7, 11) is 1.42. The molecular weight excluding hydrogens is 401 g/mol. The molecule has 0 aliphatic rings. The van der Waals surface area contributed by atoms with Gasteiger partial charge in [0.2, 0.25) is 0 Å². The van der Waals surface area contributed by atoms with E-state index in [1.165, 1.54) is 13.2 Å². The Bertz CT molecular complexity index is 1020. The standard InChI is InChI=1S/C20H17Cl2N3O3/c1-11-9-12(2)24-20(23-11)28-14-6-4-5-13(10-14)25-19(26)17-15(21)7-8-16(22)18(17)27-3/h4-10H,1-3H3,(H,25,26). The van der Waals surface area contributed by atoms with Crippen molar-refractivity contribution in [2.45, 2.75) is 13.8 Å². The third-order valence-electron chi connectivity index (χ3n) is 3.75. The summed E-state index contributed by atoms with van der Waals surface area (Å²) in [5.74, 6) is 0.235. The largest absolute Gasteiger partial charge is 0.494 e. The van der Waals surface area contributed by atoms with Crippen LogP contribution in [0.25, 0.3) is 0 Å². The molecule has 3 aromatic rings. The van der Waals surface area contributed by atoms with Crippen LogP contribution in [0.15, 0.2) is 42.5 Å². The van der Waals surface area contributed by atoms with E-state index in [4.69, 9.17) is 32.7 Å². The summed E-state index contributed by atoms with van der Waals surface area (Å²) in [5.41, 5.74) is 2.26. The van der Waals surface area contributed by atoms with Crippen molar-refractivity contribution in [2.75, 3.05) is 12.4 Å². The molecule has 0 saturated carbocycles. The number of carbonyl (C=O) groups is 1. The highest BCUT2D eigenvalue weighted by Gasteiger charge is 2.19. The minimum atomic E-state index is -0.454. The van der Waals surface area contributed by atoms with Crippen LogP contribution in [0, 0.1) is 13.8 Å². The van der Waals surface area contributed by atoms with Gasteiger partial charge in [0, 0.05) is 23.1 Å². The summed E-state index contributed by atoms with van der Waals surface area (Å²) in [6.45, 7) is 3.72. The van der Waals surface area contributed by atoms with Crippen molar-refractivity contribution in [3.8, 4) is 17.5 Å². The van der Waals surface area contributed by atoms with E-state index >= 15 is 0 Å². The Labute approximate surface area is 172 Å². The average Bonchev–Trinajstić information content (AvgIpc) is 2.62. The second kappa shape index (κ2) is 8.46. The summed E-state index contributed by atoms with van der Waals surface area (Å²) >= 11 is 12.3. The van der Waals surface area contributed by atoms with E-state index in [-0.39, 0.29) is 22.3 Å². The molecule has 1 amide bonds. The zero-order chi connectivity index (χ0) is 20.3. The molecule has 6 nitrogen and oxygen atoms in total. The number of methoxy groups -OCH3 is 1. The van der Waals surface area contributed by atoms with Crippen LogP contribution >= 0.6 is 23.2 Å². The molecule has 0 radical (unpaired) electrons. The quantitative estimate of drug-likeness (QED) is 0.596. The third kappa shape index (κ3) is 4.52. The molecule has 1 N–H and O–H groups in total. The van der Waals surface area contributed by atoms with Gasteiger partial charge in [0.15, 0.2) is 5.75 Å². The van der Waals surface area contributed by atoms with Gasteiger partial charge in [0.05, 0.1) is 17.2 Å². The molecule has 0 fully saturated rings. The minimum absolute atomic E-state index is 0.153. The number of nitrogens with one attached hydrogen (secondary N) is 1. The van der Waals surface area contributed by atoms with Crippen molar-refractivity contribution in [2.24, 2.45) is 0 Å². The topological polar surface area (TPSA) is 73.3 Å². The molecule has 144 valence electrons. The Balaban J connectivity index is 1.84. The number of anilines is 1. The Hall–Kier alpha value is -2.83. The maximum Gasteiger partial charge on any atom is 0.322 e. The molecule has 0 aliphatic carbocycles. The second-order valence-electron chi connectivity index (χ2n) is 5.95. The number of nitrogens with zero attached hydrogens (tertiary/aromatic N) is 2. The highest BCUT2D eigenvalue weighted by atomic mass is 35.5. The first-order chi connectivity index (χ1) is 13.4. The molecule has 8 heteroatoms. The molecule has 1 heterocycles. The van der Waals surface area contributed by atoms with E-state index < -0.39 is 5.91 Å². The van der Waals surface area contributed by atoms with Gasteiger partial charge in [0.1, 0.15) is 11.3 Å². The Kier molecular flexibility index (Phi) is 6.02. The molecule has 1 aromatic heterocycles. The van der Waals surface area contributed by atoms with Crippen LogP contribution in [0.1, 0.15) is 21.7 Å². The first kappa shape index (κ1) is 19.9. The Morgan fingerprint density at radius 1 is 1.00 bits per heavy atom. The fraction of sp³-hybridized carbons (Fsp3) is 0.150. The first-order valence-electron chi connectivity index (χ1n) is 8.31. The lowest BCUT2D eigenvalue weighted by Crippen LogP contribution is -2.14. The number of hydrogen-bond donors (Lipinski definition) is 1. The summed E-state index contributed by atoms with van der Waals surface area (Å²) < 4.78 is 10.9.